The van der Waals surface area contributed by atoms with Gasteiger partial charge in [0.2, 0.25) is 0 Å². The Bertz CT molecular complexity index is 245. The van der Waals surface area contributed by atoms with Crippen molar-refractivity contribution in [2.45, 2.75) is 13.3 Å². The number of carbonyl (C=O) groups excluding carboxylic acids is 1. The first-order valence-electron chi connectivity index (χ1n) is 4.24. The van der Waals surface area contributed by atoms with E-state index in [1.54, 1.807) is 6.92 Å². The lowest BCUT2D eigenvalue weighted by atomic mass is 9.78. The number of piperidine rings is 1. The third-order valence-electron chi connectivity index (χ3n) is 2.53. The maximum absolute atomic E-state index is 12.5. The summed E-state index contributed by atoms with van der Waals surface area (Å²) in [5.41, 5.74) is -0.319. The standard InChI is InChI=1S/C9H14FNO2.ClH/c1-9(8(12)13-2)6-11-4-3-7(9)5-10;/h5,11H,3-4,6H2,1-2H3;1H/b7-5+;. The molecule has 1 fully saturated rings. The molecule has 82 valence electrons. The Morgan fingerprint density at radius 1 is 1.71 bits per heavy atom. The molecule has 0 aliphatic carbocycles. The summed E-state index contributed by atoms with van der Waals surface area (Å²) in [6.45, 7) is 2.84. The molecule has 1 atom stereocenters. The van der Waals surface area contributed by atoms with Gasteiger partial charge < -0.3 is 10.1 Å². The van der Waals surface area contributed by atoms with Crippen molar-refractivity contribution in [3.8, 4) is 0 Å². The predicted octanol–water partition coefficient (Wildman–Crippen LogP) is 1.43. The number of esters is 1. The quantitative estimate of drug-likeness (QED) is 0.684. The first kappa shape index (κ1) is 13.4. The fourth-order valence-corrected chi connectivity index (χ4v) is 1.55. The third kappa shape index (κ3) is 2.25. The van der Waals surface area contributed by atoms with Crippen LogP contribution >= 0.6 is 12.4 Å². The molecule has 1 N–H and O–H groups in total. The van der Waals surface area contributed by atoms with E-state index in [-0.39, 0.29) is 18.4 Å². The topological polar surface area (TPSA) is 38.3 Å². The van der Waals surface area contributed by atoms with E-state index in [0.29, 0.717) is 31.4 Å². The lowest BCUT2D eigenvalue weighted by molar-refractivity contribution is -0.149. The van der Waals surface area contributed by atoms with E-state index in [9.17, 15) is 9.18 Å². The number of hydrogen-bond donors (Lipinski definition) is 1. The Hall–Kier alpha value is -0.610. The predicted molar refractivity (Wildman–Crippen MR) is 54.0 cm³/mol. The second-order valence-corrected chi connectivity index (χ2v) is 3.38. The summed E-state index contributed by atoms with van der Waals surface area (Å²) in [7, 11) is 1.32. The molecule has 1 heterocycles. The van der Waals surface area contributed by atoms with Crippen LogP contribution in [0.5, 0.6) is 0 Å². The van der Waals surface area contributed by atoms with Crippen molar-refractivity contribution in [2.24, 2.45) is 5.41 Å². The van der Waals surface area contributed by atoms with Crippen LogP contribution in [0.3, 0.4) is 0 Å². The van der Waals surface area contributed by atoms with Gasteiger partial charge in [0.05, 0.1) is 13.4 Å². The second-order valence-electron chi connectivity index (χ2n) is 3.38. The molecule has 5 heteroatoms. The van der Waals surface area contributed by atoms with E-state index in [0.717, 1.165) is 0 Å². The van der Waals surface area contributed by atoms with Gasteiger partial charge in [0.25, 0.3) is 0 Å². The minimum absolute atomic E-state index is 0. The molecule has 1 aliphatic rings. The number of carbonyl (C=O) groups is 1. The monoisotopic (exact) mass is 223 g/mol. The highest BCUT2D eigenvalue weighted by Gasteiger charge is 2.40. The second kappa shape index (κ2) is 5.32. The van der Waals surface area contributed by atoms with Crippen molar-refractivity contribution in [1.82, 2.24) is 5.32 Å². The first-order chi connectivity index (χ1) is 6.15. The molecule has 0 amide bonds. The molecule has 0 radical (unpaired) electrons. The average molecular weight is 224 g/mol. The van der Waals surface area contributed by atoms with Crippen LogP contribution in [0.4, 0.5) is 4.39 Å². The largest absolute Gasteiger partial charge is 0.468 e. The van der Waals surface area contributed by atoms with Gasteiger partial charge >= 0.3 is 5.97 Å². The SMILES string of the molecule is COC(=O)C1(C)CNCC/C1=C\F.Cl. The summed E-state index contributed by atoms with van der Waals surface area (Å²) < 4.78 is 17.1. The fourth-order valence-electron chi connectivity index (χ4n) is 1.55. The average Bonchev–Trinajstić information content (AvgIpc) is 2.17. The van der Waals surface area contributed by atoms with Gasteiger partial charge in [-0.05, 0) is 25.5 Å². The van der Waals surface area contributed by atoms with Gasteiger partial charge in [-0.2, -0.15) is 0 Å². The summed E-state index contributed by atoms with van der Waals surface area (Å²) in [4.78, 5) is 11.4. The highest BCUT2D eigenvalue weighted by molar-refractivity contribution is 5.85. The zero-order chi connectivity index (χ0) is 9.90. The lowest BCUT2D eigenvalue weighted by Crippen LogP contribution is -2.45. The van der Waals surface area contributed by atoms with Crippen LogP contribution < -0.4 is 5.32 Å². The Balaban J connectivity index is 0.00000169. The van der Waals surface area contributed by atoms with Crippen molar-refractivity contribution < 1.29 is 13.9 Å². The van der Waals surface area contributed by atoms with Gasteiger partial charge in [-0.1, -0.05) is 0 Å². The molecule has 14 heavy (non-hydrogen) atoms. The number of nitrogens with one attached hydrogen (secondary N) is 1. The molecule has 0 bridgehead atoms. The smallest absolute Gasteiger partial charge is 0.317 e. The fraction of sp³-hybridized carbons (Fsp3) is 0.667. The minimum atomic E-state index is -0.832. The zero-order valence-electron chi connectivity index (χ0n) is 8.30. The number of halogens is 2. The Morgan fingerprint density at radius 3 is 2.86 bits per heavy atom. The van der Waals surface area contributed by atoms with E-state index in [4.69, 9.17) is 0 Å². The molecule has 0 spiro atoms. The molecule has 1 saturated heterocycles. The van der Waals surface area contributed by atoms with Crippen LogP contribution in [0.15, 0.2) is 11.9 Å². The molecule has 1 rings (SSSR count). The summed E-state index contributed by atoms with van der Waals surface area (Å²) in [5, 5.41) is 3.05. The van der Waals surface area contributed by atoms with Crippen LogP contribution in [0, 0.1) is 5.41 Å². The van der Waals surface area contributed by atoms with Gasteiger partial charge in [-0.25, -0.2) is 4.39 Å². The molecular formula is C9H15ClFNO2. The van der Waals surface area contributed by atoms with Gasteiger partial charge in [0.1, 0.15) is 5.41 Å². The minimum Gasteiger partial charge on any atom is -0.468 e. The van der Waals surface area contributed by atoms with Crippen LogP contribution in [-0.2, 0) is 9.53 Å². The number of hydrogen-bond acceptors (Lipinski definition) is 3. The maximum atomic E-state index is 12.5. The molecule has 0 saturated carbocycles. The van der Waals surface area contributed by atoms with Crippen molar-refractivity contribution in [2.75, 3.05) is 20.2 Å². The van der Waals surface area contributed by atoms with E-state index in [2.05, 4.69) is 10.1 Å². The number of ether oxygens (including phenoxy) is 1. The van der Waals surface area contributed by atoms with Crippen LogP contribution in [-0.4, -0.2) is 26.2 Å². The summed E-state index contributed by atoms with van der Waals surface area (Å²) >= 11 is 0. The Kier molecular flexibility index (Phi) is 5.08. The molecular weight excluding hydrogens is 209 g/mol. The van der Waals surface area contributed by atoms with Gasteiger partial charge in [-0.15, -0.1) is 12.4 Å². The van der Waals surface area contributed by atoms with Gasteiger partial charge in [-0.3, -0.25) is 4.79 Å². The van der Waals surface area contributed by atoms with Crippen molar-refractivity contribution in [3.63, 3.8) is 0 Å². The molecule has 1 unspecified atom stereocenters. The molecule has 0 aromatic heterocycles. The van der Waals surface area contributed by atoms with E-state index >= 15 is 0 Å². The molecule has 0 aromatic rings. The van der Waals surface area contributed by atoms with Crippen molar-refractivity contribution >= 4 is 18.4 Å². The summed E-state index contributed by atoms with van der Waals surface area (Å²) in [6.07, 6.45) is 1.08. The molecule has 3 nitrogen and oxygen atoms in total. The van der Waals surface area contributed by atoms with E-state index in [1.165, 1.54) is 7.11 Å². The Labute approximate surface area is 89.1 Å². The number of methoxy groups -OCH3 is 1. The highest BCUT2D eigenvalue weighted by atomic mass is 35.5. The Morgan fingerprint density at radius 2 is 2.36 bits per heavy atom. The van der Waals surface area contributed by atoms with Crippen LogP contribution in [0.1, 0.15) is 13.3 Å². The normalized spacial score (nSPS) is 29.5. The van der Waals surface area contributed by atoms with Gasteiger partial charge in [0.15, 0.2) is 0 Å². The lowest BCUT2D eigenvalue weighted by Gasteiger charge is -2.33. The van der Waals surface area contributed by atoms with Gasteiger partial charge in [0, 0.05) is 6.54 Å². The third-order valence-corrected chi connectivity index (χ3v) is 2.53. The first-order valence-corrected chi connectivity index (χ1v) is 4.24. The van der Waals surface area contributed by atoms with Crippen LogP contribution in [0.2, 0.25) is 0 Å². The van der Waals surface area contributed by atoms with E-state index < -0.39 is 5.41 Å². The molecule has 0 aromatic carbocycles. The van der Waals surface area contributed by atoms with Crippen molar-refractivity contribution in [3.05, 3.63) is 11.9 Å². The van der Waals surface area contributed by atoms with Crippen molar-refractivity contribution in [1.29, 1.82) is 0 Å². The number of rotatable bonds is 1. The highest BCUT2D eigenvalue weighted by Crippen LogP contribution is 2.32. The maximum Gasteiger partial charge on any atom is 0.317 e. The zero-order valence-corrected chi connectivity index (χ0v) is 9.12. The van der Waals surface area contributed by atoms with E-state index in [1.807, 2.05) is 0 Å². The molecule has 1 aliphatic heterocycles. The summed E-state index contributed by atoms with van der Waals surface area (Å²) in [5.74, 6) is -0.386. The van der Waals surface area contributed by atoms with Crippen LogP contribution in [0.25, 0.3) is 0 Å². The summed E-state index contributed by atoms with van der Waals surface area (Å²) in [6, 6.07) is 0.